The number of carbonyl (C=O) groups excluding carboxylic acids is 1. The molecule has 0 heterocycles. The van der Waals surface area contributed by atoms with Crippen LogP contribution in [0, 0.1) is 34.5 Å². The smallest absolute Gasteiger partial charge is 0.164 e. The highest BCUT2D eigenvalue weighted by Crippen LogP contribution is 2.68. The van der Waals surface area contributed by atoms with E-state index < -0.39 is 17.1 Å². The van der Waals surface area contributed by atoms with Crippen molar-refractivity contribution in [3.05, 3.63) is 0 Å². The molecule has 0 saturated heterocycles. The fourth-order valence-electron chi connectivity index (χ4n) is 7.89. The van der Waals surface area contributed by atoms with Crippen LogP contribution < -0.4 is 0 Å². The third kappa shape index (κ3) is 2.14. The molecule has 0 aliphatic heterocycles. The summed E-state index contributed by atoms with van der Waals surface area (Å²) in [6.45, 7) is 5.90. The van der Waals surface area contributed by atoms with Crippen LogP contribution in [0.2, 0.25) is 0 Å². The largest absolute Gasteiger partial charge is 0.393 e. The lowest BCUT2D eigenvalue weighted by Crippen LogP contribution is -2.60. The highest BCUT2D eigenvalue weighted by Gasteiger charge is 2.69. The zero-order chi connectivity index (χ0) is 18.2. The Kier molecular flexibility index (Phi) is 3.97. The third-order valence-corrected chi connectivity index (χ3v) is 9.39. The van der Waals surface area contributed by atoms with Crippen LogP contribution in [-0.2, 0) is 4.79 Å². The molecule has 142 valence electrons. The Morgan fingerprint density at radius 3 is 2.36 bits per heavy atom. The second-order valence-corrected chi connectivity index (χ2v) is 10.1. The lowest BCUT2D eigenvalue weighted by atomic mass is 9.44. The van der Waals surface area contributed by atoms with Crippen molar-refractivity contribution in [2.24, 2.45) is 34.5 Å². The van der Waals surface area contributed by atoms with E-state index in [-0.39, 0.29) is 23.2 Å². The molecule has 0 spiro atoms. The molecule has 25 heavy (non-hydrogen) atoms. The van der Waals surface area contributed by atoms with Crippen molar-refractivity contribution in [3.63, 3.8) is 0 Å². The standard InChI is InChI=1S/C21H34O4/c1-12(22)21(25)18(24)11-17-15-5-4-13-10-14(23)6-8-19(13,2)16(15)7-9-20(17,21)3/h13-18,23-25H,4-11H2,1-3H3/t13-,14-,15-,16+,17-,18+,19-,20-,21+/m0/s1. The molecule has 4 aliphatic rings. The Labute approximate surface area is 151 Å². The molecule has 0 bridgehead atoms. The molecule has 0 radical (unpaired) electrons. The van der Waals surface area contributed by atoms with Crippen LogP contribution >= 0.6 is 0 Å². The molecule has 4 fully saturated rings. The van der Waals surface area contributed by atoms with Gasteiger partial charge in [-0.05, 0) is 87.4 Å². The van der Waals surface area contributed by atoms with Gasteiger partial charge in [-0.2, -0.15) is 0 Å². The second-order valence-electron chi connectivity index (χ2n) is 10.1. The van der Waals surface area contributed by atoms with E-state index in [0.29, 0.717) is 24.2 Å². The van der Waals surface area contributed by atoms with Gasteiger partial charge in [0.25, 0.3) is 0 Å². The monoisotopic (exact) mass is 350 g/mol. The van der Waals surface area contributed by atoms with Crippen LogP contribution in [0.5, 0.6) is 0 Å². The summed E-state index contributed by atoms with van der Waals surface area (Å²) in [5.74, 6) is 1.63. The molecular formula is C21H34O4. The molecule has 0 aromatic heterocycles. The van der Waals surface area contributed by atoms with Gasteiger partial charge >= 0.3 is 0 Å². The normalized spacial score (nSPS) is 58.2. The van der Waals surface area contributed by atoms with Crippen LogP contribution in [0.3, 0.4) is 0 Å². The van der Waals surface area contributed by atoms with E-state index >= 15 is 0 Å². The van der Waals surface area contributed by atoms with Crippen molar-refractivity contribution in [3.8, 4) is 0 Å². The second kappa shape index (κ2) is 5.53. The predicted octanol–water partition coefficient (Wildman–Crippen LogP) is 2.68. The number of hydrogen-bond acceptors (Lipinski definition) is 4. The molecule has 4 heteroatoms. The van der Waals surface area contributed by atoms with Crippen molar-refractivity contribution >= 4 is 5.78 Å². The average Bonchev–Trinajstić information content (AvgIpc) is 2.77. The Morgan fingerprint density at radius 2 is 1.68 bits per heavy atom. The number of aliphatic hydroxyl groups excluding tert-OH is 2. The highest BCUT2D eigenvalue weighted by molar-refractivity contribution is 5.87. The molecule has 4 rings (SSSR count). The van der Waals surface area contributed by atoms with Crippen molar-refractivity contribution in [1.29, 1.82) is 0 Å². The number of Topliss-reactive ketones (excluding diaryl/α,β-unsaturated/α-hetero) is 1. The van der Waals surface area contributed by atoms with E-state index in [1.807, 2.05) is 6.92 Å². The summed E-state index contributed by atoms with van der Waals surface area (Å²) in [4.78, 5) is 12.3. The van der Waals surface area contributed by atoms with Crippen molar-refractivity contribution in [1.82, 2.24) is 0 Å². The van der Waals surface area contributed by atoms with Crippen molar-refractivity contribution in [2.75, 3.05) is 0 Å². The first-order valence-electron chi connectivity index (χ1n) is 10.2. The lowest BCUT2D eigenvalue weighted by molar-refractivity contribution is -0.181. The number of carbonyl (C=O) groups is 1. The van der Waals surface area contributed by atoms with E-state index in [4.69, 9.17) is 0 Å². The van der Waals surface area contributed by atoms with Crippen molar-refractivity contribution in [2.45, 2.75) is 89.9 Å². The van der Waals surface area contributed by atoms with Crippen LogP contribution in [0.25, 0.3) is 0 Å². The molecule has 0 aromatic rings. The first kappa shape index (κ1) is 17.9. The van der Waals surface area contributed by atoms with E-state index in [0.717, 1.165) is 44.9 Å². The van der Waals surface area contributed by atoms with Crippen LogP contribution in [0.4, 0.5) is 0 Å². The van der Waals surface area contributed by atoms with Gasteiger partial charge in [-0.25, -0.2) is 0 Å². The van der Waals surface area contributed by atoms with Gasteiger partial charge in [-0.3, -0.25) is 4.79 Å². The fraction of sp³-hybridized carbons (Fsp3) is 0.952. The first-order chi connectivity index (χ1) is 11.6. The van der Waals surface area contributed by atoms with Gasteiger partial charge in [0.1, 0.15) is 0 Å². The summed E-state index contributed by atoms with van der Waals surface area (Å²) in [6.07, 6.45) is 6.49. The molecule has 9 atom stereocenters. The predicted molar refractivity (Wildman–Crippen MR) is 94.8 cm³/mol. The molecule has 0 aromatic carbocycles. The van der Waals surface area contributed by atoms with Gasteiger partial charge in [0.15, 0.2) is 11.4 Å². The molecule has 4 saturated carbocycles. The van der Waals surface area contributed by atoms with Gasteiger partial charge in [-0.15, -0.1) is 0 Å². The molecule has 4 aliphatic carbocycles. The Balaban J connectivity index is 1.67. The Hall–Kier alpha value is -0.450. The van der Waals surface area contributed by atoms with E-state index in [1.54, 1.807) is 0 Å². The first-order valence-corrected chi connectivity index (χ1v) is 10.2. The fourth-order valence-corrected chi connectivity index (χ4v) is 7.89. The van der Waals surface area contributed by atoms with E-state index in [1.165, 1.54) is 6.92 Å². The maximum absolute atomic E-state index is 12.3. The maximum Gasteiger partial charge on any atom is 0.164 e. The number of fused-ring (bicyclic) bond motifs is 5. The third-order valence-electron chi connectivity index (χ3n) is 9.39. The Bertz CT molecular complexity index is 576. The SMILES string of the molecule is CC(=O)[C@@]1(O)[C@H](O)C[C@H]2[C@H]3CC[C@H]4C[C@@H](O)CC[C@]4(C)[C@@H]3CC[C@@]21C. The summed E-state index contributed by atoms with van der Waals surface area (Å²) in [5, 5.41) is 31.9. The quantitative estimate of drug-likeness (QED) is 0.679. The van der Waals surface area contributed by atoms with Gasteiger partial charge in [0.2, 0.25) is 0 Å². The van der Waals surface area contributed by atoms with Gasteiger partial charge in [0, 0.05) is 5.41 Å². The minimum Gasteiger partial charge on any atom is -0.393 e. The molecule has 4 nitrogen and oxygen atoms in total. The summed E-state index contributed by atoms with van der Waals surface area (Å²) < 4.78 is 0. The summed E-state index contributed by atoms with van der Waals surface area (Å²) >= 11 is 0. The van der Waals surface area contributed by atoms with Gasteiger partial charge in [-0.1, -0.05) is 13.8 Å². The number of ketones is 1. The molecular weight excluding hydrogens is 316 g/mol. The zero-order valence-corrected chi connectivity index (χ0v) is 15.9. The minimum absolute atomic E-state index is 0.139. The summed E-state index contributed by atoms with van der Waals surface area (Å²) in [6, 6.07) is 0. The molecule has 0 unspecified atom stereocenters. The number of rotatable bonds is 1. The summed E-state index contributed by atoms with van der Waals surface area (Å²) in [5.41, 5.74) is -1.81. The van der Waals surface area contributed by atoms with E-state index in [2.05, 4.69) is 6.92 Å². The summed E-state index contributed by atoms with van der Waals surface area (Å²) in [7, 11) is 0. The van der Waals surface area contributed by atoms with E-state index in [9.17, 15) is 20.1 Å². The van der Waals surface area contributed by atoms with Crippen LogP contribution in [-0.4, -0.2) is 38.9 Å². The molecule has 0 amide bonds. The average molecular weight is 350 g/mol. The topological polar surface area (TPSA) is 77.8 Å². The zero-order valence-electron chi connectivity index (χ0n) is 15.9. The number of aliphatic hydroxyl groups is 3. The minimum atomic E-state index is -1.58. The maximum atomic E-state index is 12.3. The van der Waals surface area contributed by atoms with Crippen molar-refractivity contribution < 1.29 is 20.1 Å². The van der Waals surface area contributed by atoms with Gasteiger partial charge in [0.05, 0.1) is 12.2 Å². The van der Waals surface area contributed by atoms with Crippen LogP contribution in [0.1, 0.15) is 72.1 Å². The number of hydrogen-bond donors (Lipinski definition) is 3. The highest BCUT2D eigenvalue weighted by atomic mass is 16.4. The lowest BCUT2D eigenvalue weighted by Gasteiger charge is -2.61. The van der Waals surface area contributed by atoms with Gasteiger partial charge < -0.3 is 15.3 Å². The Morgan fingerprint density at radius 1 is 0.960 bits per heavy atom. The van der Waals surface area contributed by atoms with Crippen LogP contribution in [0.15, 0.2) is 0 Å². The molecule has 3 N–H and O–H groups in total.